The van der Waals surface area contributed by atoms with Crippen LogP contribution in [-0.4, -0.2) is 6.54 Å². The number of rotatable bonds is 4. The van der Waals surface area contributed by atoms with Crippen molar-refractivity contribution in [3.8, 4) is 0 Å². The van der Waals surface area contributed by atoms with Crippen LogP contribution < -0.4 is 5.32 Å². The molecule has 0 fully saturated rings. The quantitative estimate of drug-likeness (QED) is 0.786. The van der Waals surface area contributed by atoms with E-state index in [1.165, 1.54) is 24.0 Å². The molecule has 0 aliphatic heterocycles. The Labute approximate surface area is 91.5 Å². The first-order chi connectivity index (χ1) is 7.45. The van der Waals surface area contributed by atoms with Crippen LogP contribution in [0, 0.1) is 0 Å². The van der Waals surface area contributed by atoms with Gasteiger partial charge in [-0.1, -0.05) is 54.1 Å². The highest BCUT2D eigenvalue weighted by atomic mass is 14.8. The van der Waals surface area contributed by atoms with Gasteiger partial charge in [-0.3, -0.25) is 0 Å². The minimum absolute atomic E-state index is 0.960. The van der Waals surface area contributed by atoms with Crippen LogP contribution >= 0.6 is 0 Å². The standard InChI is InChI=1S/C14H17N/c1-3-7-13(8-4-1)11-15-12-14-9-5-2-6-10-14/h1-5,7-9,15H,6,10-12H2. The Balaban J connectivity index is 1.75. The Morgan fingerprint density at radius 2 is 1.93 bits per heavy atom. The van der Waals surface area contributed by atoms with Crippen LogP contribution in [0.1, 0.15) is 18.4 Å². The van der Waals surface area contributed by atoms with Gasteiger partial charge < -0.3 is 5.32 Å². The van der Waals surface area contributed by atoms with E-state index in [4.69, 9.17) is 0 Å². The summed E-state index contributed by atoms with van der Waals surface area (Å²) in [7, 11) is 0. The van der Waals surface area contributed by atoms with Crippen molar-refractivity contribution in [1.29, 1.82) is 0 Å². The summed E-state index contributed by atoms with van der Waals surface area (Å²) >= 11 is 0. The normalized spacial score (nSPS) is 15.1. The molecule has 1 nitrogen and oxygen atoms in total. The predicted octanol–water partition coefficient (Wildman–Crippen LogP) is 3.05. The Kier molecular flexibility index (Phi) is 3.75. The summed E-state index contributed by atoms with van der Waals surface area (Å²) < 4.78 is 0. The Morgan fingerprint density at radius 1 is 1.07 bits per heavy atom. The molecule has 0 saturated carbocycles. The van der Waals surface area contributed by atoms with Crippen LogP contribution in [0.2, 0.25) is 0 Å². The van der Waals surface area contributed by atoms with Gasteiger partial charge in [0.15, 0.2) is 0 Å². The van der Waals surface area contributed by atoms with Crippen LogP contribution in [0.5, 0.6) is 0 Å². The van der Waals surface area contributed by atoms with E-state index in [9.17, 15) is 0 Å². The van der Waals surface area contributed by atoms with Gasteiger partial charge >= 0.3 is 0 Å². The lowest BCUT2D eigenvalue weighted by Gasteiger charge is -2.10. The molecule has 0 atom stereocenters. The summed E-state index contributed by atoms with van der Waals surface area (Å²) in [6, 6.07) is 10.5. The average molecular weight is 199 g/mol. The third-order valence-corrected chi connectivity index (χ3v) is 2.62. The van der Waals surface area contributed by atoms with E-state index >= 15 is 0 Å². The zero-order chi connectivity index (χ0) is 10.3. The van der Waals surface area contributed by atoms with Gasteiger partial charge in [0.05, 0.1) is 0 Å². The largest absolute Gasteiger partial charge is 0.309 e. The van der Waals surface area contributed by atoms with Crippen molar-refractivity contribution in [3.63, 3.8) is 0 Å². The van der Waals surface area contributed by atoms with Gasteiger partial charge in [0.2, 0.25) is 0 Å². The molecule has 0 spiro atoms. The monoisotopic (exact) mass is 199 g/mol. The molecule has 0 aromatic heterocycles. The zero-order valence-corrected chi connectivity index (χ0v) is 8.95. The SMILES string of the molecule is C1=CCCC(CNCc2ccccc2)=C1. The van der Waals surface area contributed by atoms with Crippen molar-refractivity contribution in [1.82, 2.24) is 5.32 Å². The van der Waals surface area contributed by atoms with Crippen molar-refractivity contribution < 1.29 is 0 Å². The van der Waals surface area contributed by atoms with Gasteiger partial charge in [-0.05, 0) is 18.4 Å². The summed E-state index contributed by atoms with van der Waals surface area (Å²) in [5.41, 5.74) is 2.86. The molecule has 1 aliphatic rings. The topological polar surface area (TPSA) is 12.0 Å². The molecule has 2 rings (SSSR count). The predicted molar refractivity (Wildman–Crippen MR) is 64.6 cm³/mol. The number of nitrogens with one attached hydrogen (secondary N) is 1. The smallest absolute Gasteiger partial charge is 0.0208 e. The molecule has 0 saturated heterocycles. The third-order valence-electron chi connectivity index (χ3n) is 2.62. The van der Waals surface area contributed by atoms with Crippen LogP contribution in [0.15, 0.2) is 54.1 Å². The maximum Gasteiger partial charge on any atom is 0.0208 e. The molecule has 1 N–H and O–H groups in total. The molecule has 78 valence electrons. The fourth-order valence-corrected chi connectivity index (χ4v) is 1.76. The van der Waals surface area contributed by atoms with Crippen molar-refractivity contribution in [2.24, 2.45) is 0 Å². The van der Waals surface area contributed by atoms with E-state index in [1.54, 1.807) is 0 Å². The summed E-state index contributed by atoms with van der Waals surface area (Å²) in [6.45, 7) is 1.97. The molecule has 0 radical (unpaired) electrons. The summed E-state index contributed by atoms with van der Waals surface area (Å²) in [6.07, 6.45) is 9.00. The maximum atomic E-state index is 3.47. The van der Waals surface area contributed by atoms with E-state index in [1.807, 2.05) is 0 Å². The fourth-order valence-electron chi connectivity index (χ4n) is 1.76. The number of allylic oxidation sites excluding steroid dienone is 3. The summed E-state index contributed by atoms with van der Waals surface area (Å²) in [4.78, 5) is 0. The van der Waals surface area contributed by atoms with Crippen molar-refractivity contribution >= 4 is 0 Å². The first kappa shape index (κ1) is 10.2. The molecule has 1 aliphatic carbocycles. The molecular weight excluding hydrogens is 182 g/mol. The third kappa shape index (κ3) is 3.37. The van der Waals surface area contributed by atoms with E-state index in [0.717, 1.165) is 13.1 Å². The number of hydrogen-bond acceptors (Lipinski definition) is 1. The highest BCUT2D eigenvalue weighted by Gasteiger charge is 1.98. The minimum Gasteiger partial charge on any atom is -0.309 e. The minimum atomic E-state index is 0.960. The Morgan fingerprint density at radius 3 is 2.67 bits per heavy atom. The van der Waals surface area contributed by atoms with Gasteiger partial charge in [0.1, 0.15) is 0 Å². The summed E-state index contributed by atoms with van der Waals surface area (Å²) in [5, 5.41) is 3.47. The molecule has 1 aromatic rings. The first-order valence-electron chi connectivity index (χ1n) is 5.54. The second kappa shape index (κ2) is 5.52. The highest BCUT2D eigenvalue weighted by Crippen LogP contribution is 2.10. The van der Waals surface area contributed by atoms with Crippen LogP contribution in [-0.2, 0) is 6.54 Å². The Hall–Kier alpha value is -1.34. The van der Waals surface area contributed by atoms with Gasteiger partial charge in [0, 0.05) is 13.1 Å². The lowest BCUT2D eigenvalue weighted by Crippen LogP contribution is -2.16. The molecule has 1 heteroatoms. The number of benzene rings is 1. The Bertz CT molecular complexity index is 349. The van der Waals surface area contributed by atoms with Crippen molar-refractivity contribution in [3.05, 3.63) is 59.7 Å². The second-order valence-electron chi connectivity index (χ2n) is 3.88. The van der Waals surface area contributed by atoms with Crippen LogP contribution in [0.25, 0.3) is 0 Å². The van der Waals surface area contributed by atoms with E-state index in [0.29, 0.717) is 0 Å². The molecule has 1 aromatic carbocycles. The van der Waals surface area contributed by atoms with E-state index < -0.39 is 0 Å². The summed E-state index contributed by atoms with van der Waals surface area (Å²) in [5.74, 6) is 0. The molecule has 0 heterocycles. The first-order valence-corrected chi connectivity index (χ1v) is 5.54. The van der Waals surface area contributed by atoms with E-state index in [2.05, 4.69) is 53.9 Å². The van der Waals surface area contributed by atoms with Gasteiger partial charge in [-0.15, -0.1) is 0 Å². The van der Waals surface area contributed by atoms with Crippen molar-refractivity contribution in [2.75, 3.05) is 6.54 Å². The molecule has 0 bridgehead atoms. The average Bonchev–Trinajstić information content (AvgIpc) is 2.32. The fraction of sp³-hybridized carbons (Fsp3) is 0.286. The molecule has 0 amide bonds. The second-order valence-corrected chi connectivity index (χ2v) is 3.88. The van der Waals surface area contributed by atoms with Gasteiger partial charge in [0.25, 0.3) is 0 Å². The van der Waals surface area contributed by atoms with Crippen LogP contribution in [0.3, 0.4) is 0 Å². The molecule has 0 unspecified atom stereocenters. The maximum absolute atomic E-state index is 3.47. The van der Waals surface area contributed by atoms with Crippen LogP contribution in [0.4, 0.5) is 0 Å². The lowest BCUT2D eigenvalue weighted by molar-refractivity contribution is 0.715. The van der Waals surface area contributed by atoms with Crippen molar-refractivity contribution in [2.45, 2.75) is 19.4 Å². The zero-order valence-electron chi connectivity index (χ0n) is 8.95. The number of hydrogen-bond donors (Lipinski definition) is 1. The lowest BCUT2D eigenvalue weighted by atomic mass is 10.1. The molecule has 15 heavy (non-hydrogen) atoms. The highest BCUT2D eigenvalue weighted by molar-refractivity contribution is 5.19. The van der Waals surface area contributed by atoms with E-state index in [-0.39, 0.29) is 0 Å². The molecular formula is C14H17N. The van der Waals surface area contributed by atoms with Gasteiger partial charge in [-0.2, -0.15) is 0 Å². The van der Waals surface area contributed by atoms with Gasteiger partial charge in [-0.25, -0.2) is 0 Å².